The highest BCUT2D eigenvalue weighted by molar-refractivity contribution is 5.81. The fraction of sp³-hybridized carbons (Fsp3) is 0. The normalized spacial score (nSPS) is 10.6. The summed E-state index contributed by atoms with van der Waals surface area (Å²) in [7, 11) is 0. The maximum Gasteiger partial charge on any atom is 0.0462 e. The Labute approximate surface area is 365 Å². The lowest BCUT2D eigenvalue weighted by Crippen LogP contribution is -2.09. The lowest BCUT2D eigenvalue weighted by Gasteiger charge is -2.26. The number of nitrogens with zero attached hydrogens (tertiary/aromatic N) is 1. The van der Waals surface area contributed by atoms with Crippen LogP contribution < -0.4 is 10.2 Å². The first-order valence-electron chi connectivity index (χ1n) is 21.1. The summed E-state index contributed by atoms with van der Waals surface area (Å²) in [5, 5.41) is 3.54. The molecule has 0 aromatic heterocycles. The molecule has 10 aromatic rings. The Balaban J connectivity index is 0.000000351. The summed E-state index contributed by atoms with van der Waals surface area (Å²) in [4.78, 5) is 2.31. The van der Waals surface area contributed by atoms with Gasteiger partial charge >= 0.3 is 0 Å². The van der Waals surface area contributed by atoms with Gasteiger partial charge in [-0.25, -0.2) is 0 Å². The van der Waals surface area contributed by atoms with Gasteiger partial charge in [-0.3, -0.25) is 0 Å². The third-order valence-electron chi connectivity index (χ3n) is 11.0. The van der Waals surface area contributed by atoms with E-state index in [0.29, 0.717) is 0 Å². The summed E-state index contributed by atoms with van der Waals surface area (Å²) in [5.74, 6) is 0. The summed E-state index contributed by atoms with van der Waals surface area (Å²) in [6.07, 6.45) is 0. The molecule has 0 amide bonds. The van der Waals surface area contributed by atoms with Gasteiger partial charge in [0.2, 0.25) is 0 Å². The van der Waals surface area contributed by atoms with Crippen molar-refractivity contribution in [1.29, 1.82) is 0 Å². The van der Waals surface area contributed by atoms with Crippen molar-refractivity contribution in [2.24, 2.45) is 0 Å². The molecule has 0 saturated heterocycles. The molecule has 2 nitrogen and oxygen atoms in total. The second-order valence-corrected chi connectivity index (χ2v) is 15.1. The smallest absolute Gasteiger partial charge is 0.0462 e. The number of para-hydroxylation sites is 1. The second-order valence-electron chi connectivity index (χ2n) is 15.1. The van der Waals surface area contributed by atoms with Crippen LogP contribution in [0.15, 0.2) is 273 Å². The van der Waals surface area contributed by atoms with E-state index in [4.69, 9.17) is 0 Å². The third-order valence-corrected chi connectivity index (χ3v) is 11.0. The number of nitrogens with one attached hydrogen (secondary N) is 1. The van der Waals surface area contributed by atoms with Gasteiger partial charge in [-0.15, -0.1) is 0 Å². The topological polar surface area (TPSA) is 15.3 Å². The predicted octanol–water partition coefficient (Wildman–Crippen LogP) is 16.9. The Hall–Kier alpha value is -8.20. The Kier molecular flexibility index (Phi) is 12.2. The quantitative estimate of drug-likeness (QED) is 0.148. The zero-order valence-corrected chi connectivity index (χ0v) is 34.4. The Morgan fingerprint density at radius 2 is 0.371 bits per heavy atom. The standard InChI is InChI=1S/C48H36N2.C12H10/c1-4-10-36(11-5-1)38-16-18-39(19-17-38)42-24-32-47(33-25-42)50(46-14-8-3-9-15-46)48-34-26-43(27-35-48)41-22-30-45(31-23-41)49-44-28-20-40(21-29-44)37-12-6-2-7-13-37;1-3-7-11(8-4-1)12-9-5-2-6-10-12/h1-35,49H;1-10H. The Bertz CT molecular complexity index is 2840. The second kappa shape index (κ2) is 19.2. The van der Waals surface area contributed by atoms with Crippen LogP contribution in [0.3, 0.4) is 0 Å². The van der Waals surface area contributed by atoms with Crippen LogP contribution in [0.25, 0.3) is 55.6 Å². The van der Waals surface area contributed by atoms with E-state index in [1.807, 2.05) is 18.2 Å². The minimum atomic E-state index is 1.06. The fourth-order valence-corrected chi connectivity index (χ4v) is 7.67. The molecule has 10 rings (SSSR count). The molecule has 1 N–H and O–H groups in total. The Morgan fingerprint density at radius 3 is 0.645 bits per heavy atom. The van der Waals surface area contributed by atoms with Gasteiger partial charge in [-0.1, -0.05) is 212 Å². The maximum absolute atomic E-state index is 3.54. The largest absolute Gasteiger partial charge is 0.356 e. The SMILES string of the molecule is c1ccc(-c2ccc(Nc3ccc(-c4ccc(N(c5ccccc5)c5ccc(-c6ccc(-c7ccccc7)cc6)cc5)cc4)cc3)cc2)cc1.c1ccc(-c2ccccc2)cc1. The van der Waals surface area contributed by atoms with Crippen molar-refractivity contribution in [2.75, 3.05) is 10.2 Å². The van der Waals surface area contributed by atoms with Crippen LogP contribution in [0.2, 0.25) is 0 Å². The molecule has 0 unspecified atom stereocenters. The average molecular weight is 795 g/mol. The molecule has 0 aliphatic carbocycles. The molecule has 2 heteroatoms. The highest BCUT2D eigenvalue weighted by Gasteiger charge is 2.13. The minimum Gasteiger partial charge on any atom is -0.356 e. The molecule has 0 fully saturated rings. The minimum absolute atomic E-state index is 1.06. The van der Waals surface area contributed by atoms with Gasteiger partial charge < -0.3 is 10.2 Å². The molecular weight excluding hydrogens is 749 g/mol. The zero-order chi connectivity index (χ0) is 41.8. The van der Waals surface area contributed by atoms with Crippen molar-refractivity contribution >= 4 is 28.4 Å². The molecule has 10 aromatic carbocycles. The van der Waals surface area contributed by atoms with E-state index in [1.54, 1.807) is 0 Å². The van der Waals surface area contributed by atoms with Crippen LogP contribution in [-0.4, -0.2) is 0 Å². The van der Waals surface area contributed by atoms with Crippen molar-refractivity contribution in [3.05, 3.63) is 273 Å². The zero-order valence-electron chi connectivity index (χ0n) is 34.4. The number of hydrogen-bond donors (Lipinski definition) is 1. The molecule has 0 aliphatic rings. The summed E-state index contributed by atoms with van der Waals surface area (Å²) in [6.45, 7) is 0. The van der Waals surface area contributed by atoms with E-state index >= 15 is 0 Å². The number of anilines is 5. The van der Waals surface area contributed by atoms with E-state index in [1.165, 1.54) is 55.6 Å². The number of rotatable bonds is 10. The predicted molar refractivity (Wildman–Crippen MR) is 264 cm³/mol. The van der Waals surface area contributed by atoms with E-state index in [0.717, 1.165) is 28.4 Å². The van der Waals surface area contributed by atoms with Crippen molar-refractivity contribution in [3.8, 4) is 55.6 Å². The van der Waals surface area contributed by atoms with Gasteiger partial charge in [0.25, 0.3) is 0 Å². The van der Waals surface area contributed by atoms with Gasteiger partial charge in [-0.2, -0.15) is 0 Å². The van der Waals surface area contributed by atoms with Crippen molar-refractivity contribution in [1.82, 2.24) is 0 Å². The van der Waals surface area contributed by atoms with Crippen LogP contribution >= 0.6 is 0 Å². The van der Waals surface area contributed by atoms with Crippen molar-refractivity contribution in [3.63, 3.8) is 0 Å². The molecule has 0 aliphatic heterocycles. The summed E-state index contributed by atoms with van der Waals surface area (Å²) < 4.78 is 0. The third kappa shape index (κ3) is 9.63. The van der Waals surface area contributed by atoms with E-state index in [-0.39, 0.29) is 0 Å². The van der Waals surface area contributed by atoms with Crippen LogP contribution in [0.1, 0.15) is 0 Å². The Morgan fingerprint density at radius 1 is 0.177 bits per heavy atom. The molecular formula is C60H46N2. The number of benzene rings is 10. The molecule has 0 bridgehead atoms. The lowest BCUT2D eigenvalue weighted by atomic mass is 10.00. The van der Waals surface area contributed by atoms with E-state index < -0.39 is 0 Å². The first-order chi connectivity index (χ1) is 30.7. The van der Waals surface area contributed by atoms with Gasteiger partial charge in [-0.05, 0) is 116 Å². The first kappa shape index (κ1) is 39.3. The maximum atomic E-state index is 3.54. The van der Waals surface area contributed by atoms with E-state index in [9.17, 15) is 0 Å². The molecule has 0 spiro atoms. The molecule has 296 valence electrons. The van der Waals surface area contributed by atoms with Gasteiger partial charge in [0.05, 0.1) is 0 Å². The molecule has 0 atom stereocenters. The number of hydrogen-bond acceptors (Lipinski definition) is 2. The van der Waals surface area contributed by atoms with E-state index in [2.05, 4.69) is 265 Å². The summed E-state index contributed by atoms with van der Waals surface area (Å²) >= 11 is 0. The van der Waals surface area contributed by atoms with Crippen molar-refractivity contribution < 1.29 is 0 Å². The van der Waals surface area contributed by atoms with Gasteiger partial charge in [0.1, 0.15) is 0 Å². The lowest BCUT2D eigenvalue weighted by molar-refractivity contribution is 1.28. The highest BCUT2D eigenvalue weighted by atomic mass is 15.1. The van der Waals surface area contributed by atoms with Crippen LogP contribution in [0, 0.1) is 0 Å². The molecule has 0 heterocycles. The molecule has 0 radical (unpaired) electrons. The summed E-state index contributed by atoms with van der Waals surface area (Å²) in [5.41, 5.74) is 17.7. The van der Waals surface area contributed by atoms with Crippen LogP contribution in [-0.2, 0) is 0 Å². The van der Waals surface area contributed by atoms with Crippen LogP contribution in [0.5, 0.6) is 0 Å². The highest BCUT2D eigenvalue weighted by Crippen LogP contribution is 2.37. The van der Waals surface area contributed by atoms with Crippen molar-refractivity contribution in [2.45, 2.75) is 0 Å². The summed E-state index contributed by atoms with van der Waals surface area (Å²) in [6, 6.07) is 96.0. The monoisotopic (exact) mass is 794 g/mol. The fourth-order valence-electron chi connectivity index (χ4n) is 7.67. The van der Waals surface area contributed by atoms with Gasteiger partial charge in [0, 0.05) is 28.4 Å². The first-order valence-corrected chi connectivity index (χ1v) is 21.1. The average Bonchev–Trinajstić information content (AvgIpc) is 3.37. The molecule has 62 heavy (non-hydrogen) atoms. The van der Waals surface area contributed by atoms with Crippen LogP contribution in [0.4, 0.5) is 28.4 Å². The molecule has 0 saturated carbocycles. The van der Waals surface area contributed by atoms with Gasteiger partial charge in [0.15, 0.2) is 0 Å².